The highest BCUT2D eigenvalue weighted by Gasteiger charge is 2.66. The number of hydrogen-bond donors (Lipinski definition) is 0. The van der Waals surface area contributed by atoms with Crippen molar-refractivity contribution in [2.75, 3.05) is 6.54 Å². The van der Waals surface area contributed by atoms with Crippen molar-refractivity contribution in [2.24, 2.45) is 11.8 Å². The quantitative estimate of drug-likeness (QED) is 0.151. The summed E-state index contributed by atoms with van der Waals surface area (Å²) in [4.78, 5) is 14.3. The van der Waals surface area contributed by atoms with Crippen LogP contribution in [0, 0.1) is 18.8 Å². The first-order valence-electron chi connectivity index (χ1n) is 15.4. The van der Waals surface area contributed by atoms with Gasteiger partial charge in [-0.1, -0.05) is 117 Å². The zero-order valence-electron chi connectivity index (χ0n) is 25.7. The number of fused-ring (bicyclic) bond motifs is 1. The van der Waals surface area contributed by atoms with Gasteiger partial charge in [0.15, 0.2) is 5.60 Å². The van der Waals surface area contributed by atoms with E-state index >= 15 is 0 Å². The van der Waals surface area contributed by atoms with Gasteiger partial charge in [0.05, 0.1) is 10.5 Å². The van der Waals surface area contributed by atoms with Gasteiger partial charge in [0.25, 0.3) is 0 Å². The molecule has 0 radical (unpaired) electrons. The Morgan fingerprint density at radius 1 is 0.864 bits per heavy atom. The third-order valence-electron chi connectivity index (χ3n) is 9.27. The minimum absolute atomic E-state index is 0.00676. The van der Waals surface area contributed by atoms with E-state index in [0.29, 0.717) is 23.4 Å². The molecule has 0 unspecified atom stereocenters. The molecule has 226 valence electrons. The lowest BCUT2D eigenvalue weighted by atomic mass is 9.49. The molecule has 44 heavy (non-hydrogen) atoms. The van der Waals surface area contributed by atoms with E-state index in [1.54, 1.807) is 28.6 Å². The van der Waals surface area contributed by atoms with Crippen LogP contribution in [0.2, 0.25) is 0 Å². The summed E-state index contributed by atoms with van der Waals surface area (Å²) in [5.74, 6) is -0.870. The number of carbonyl (C=O) groups is 1. The van der Waals surface area contributed by atoms with Crippen molar-refractivity contribution in [3.63, 3.8) is 0 Å². The molecule has 6 heteroatoms. The molecule has 4 atom stereocenters. The Labute approximate surface area is 261 Å². The average molecular weight is 606 g/mol. The summed E-state index contributed by atoms with van der Waals surface area (Å²) < 4.78 is 37.3. The van der Waals surface area contributed by atoms with E-state index in [1.165, 1.54) is 0 Å². The lowest BCUT2D eigenvalue weighted by molar-refractivity contribution is -0.0768. The molecule has 1 saturated carbocycles. The van der Waals surface area contributed by atoms with Crippen molar-refractivity contribution in [2.45, 2.75) is 56.6 Å². The molecule has 0 amide bonds. The largest absolute Gasteiger partial charge is 0.445 e. The molecule has 4 aromatic carbocycles. The molecule has 0 N–H and O–H groups in total. The number of ether oxygens (including phenoxy) is 1. The molecule has 6 rings (SSSR count). The second-order valence-electron chi connectivity index (χ2n) is 12.2. The summed E-state index contributed by atoms with van der Waals surface area (Å²) in [6, 6.07) is 35.9. The van der Waals surface area contributed by atoms with Gasteiger partial charge in [0, 0.05) is 30.0 Å². The minimum atomic E-state index is -3.82. The van der Waals surface area contributed by atoms with Crippen molar-refractivity contribution >= 4 is 16.0 Å². The predicted molar refractivity (Wildman–Crippen MR) is 174 cm³/mol. The Balaban J connectivity index is 1.60. The van der Waals surface area contributed by atoms with E-state index in [1.807, 2.05) is 85.8 Å². The van der Waals surface area contributed by atoms with Crippen molar-refractivity contribution in [3.8, 4) is 0 Å². The van der Waals surface area contributed by atoms with Crippen LogP contribution < -0.4 is 0 Å². The van der Waals surface area contributed by atoms with Crippen LogP contribution in [0.25, 0.3) is 0 Å². The van der Waals surface area contributed by atoms with E-state index in [9.17, 15) is 13.2 Å². The monoisotopic (exact) mass is 605 g/mol. The smallest absolute Gasteiger partial charge is 0.339 e. The lowest BCUT2D eigenvalue weighted by Crippen LogP contribution is -2.64. The van der Waals surface area contributed by atoms with Gasteiger partial charge in [-0.25, -0.2) is 13.2 Å². The Morgan fingerprint density at radius 2 is 1.43 bits per heavy atom. The molecular weight excluding hydrogens is 566 g/mol. The molecule has 0 saturated heterocycles. The number of nitrogens with zero attached hydrogens (tertiary/aromatic N) is 1. The highest BCUT2D eigenvalue weighted by Crippen LogP contribution is 2.66. The summed E-state index contributed by atoms with van der Waals surface area (Å²) in [6.07, 6.45) is 0.633. The van der Waals surface area contributed by atoms with E-state index in [4.69, 9.17) is 4.74 Å². The van der Waals surface area contributed by atoms with Gasteiger partial charge in [0.1, 0.15) is 0 Å². The number of sulfonamides is 1. The number of esters is 1. The van der Waals surface area contributed by atoms with Crippen LogP contribution in [-0.2, 0) is 20.4 Å². The third kappa shape index (κ3) is 4.90. The first-order chi connectivity index (χ1) is 21.2. The molecule has 4 aromatic rings. The van der Waals surface area contributed by atoms with Crippen LogP contribution in [0.4, 0.5) is 0 Å². The lowest BCUT2D eigenvalue weighted by Gasteiger charge is -2.62. The van der Waals surface area contributed by atoms with Gasteiger partial charge < -0.3 is 4.74 Å². The summed E-state index contributed by atoms with van der Waals surface area (Å²) in [6.45, 7) is 8.49. The first-order valence-corrected chi connectivity index (χ1v) is 16.8. The fraction of sp³-hybridized carbons (Fsp3) is 0.289. The van der Waals surface area contributed by atoms with Gasteiger partial charge in [-0.2, -0.15) is 4.31 Å². The molecule has 1 aliphatic carbocycles. The van der Waals surface area contributed by atoms with Crippen molar-refractivity contribution in [1.82, 2.24) is 4.31 Å². The maximum atomic E-state index is 14.4. The fourth-order valence-corrected chi connectivity index (χ4v) is 9.22. The molecule has 5 nitrogen and oxygen atoms in total. The van der Waals surface area contributed by atoms with Crippen molar-refractivity contribution in [3.05, 3.63) is 149 Å². The number of benzene rings is 4. The number of carbonyl (C=O) groups excluding carboxylic acids is 1. The van der Waals surface area contributed by atoms with E-state index in [-0.39, 0.29) is 23.8 Å². The molecule has 2 aliphatic rings. The maximum Gasteiger partial charge on any atom is 0.339 e. The van der Waals surface area contributed by atoms with Gasteiger partial charge >= 0.3 is 5.97 Å². The second kappa shape index (κ2) is 11.8. The van der Waals surface area contributed by atoms with Crippen LogP contribution in [0.1, 0.15) is 60.2 Å². The van der Waals surface area contributed by atoms with Crippen molar-refractivity contribution in [1.29, 1.82) is 0 Å². The Kier molecular flexibility index (Phi) is 8.08. The van der Waals surface area contributed by atoms with Crippen LogP contribution >= 0.6 is 0 Å². The summed E-state index contributed by atoms with van der Waals surface area (Å²) >= 11 is 0. The molecule has 0 bridgehead atoms. The predicted octanol–water partition coefficient (Wildman–Crippen LogP) is 7.90. The molecule has 1 heterocycles. The highest BCUT2D eigenvalue weighted by molar-refractivity contribution is 7.89. The Hall–Kier alpha value is -4.00. The van der Waals surface area contributed by atoms with Gasteiger partial charge in [0.2, 0.25) is 10.0 Å². The Morgan fingerprint density at radius 3 is 2.00 bits per heavy atom. The summed E-state index contributed by atoms with van der Waals surface area (Å²) in [5.41, 5.74) is 4.39. The first kappa shape index (κ1) is 30.0. The standard InChI is InChI=1S/C38H39NO4S/c1-5-32-35-33(25-39(36(32)26(2)3)44(41,42)31-23-21-27(4)22-24-31)34(28-15-9-6-10-16-28)38(35,30-19-13-8-14-20-30)43-37(40)29-17-11-7-12-18-29/h6-24,26,33-34,36H,5,25H2,1-4H3/t33-,34+,36+,38+/m1/s1. The van der Waals surface area contributed by atoms with Crippen molar-refractivity contribution < 1.29 is 17.9 Å². The number of aryl methyl sites for hydroxylation is 1. The zero-order chi connectivity index (χ0) is 31.1. The van der Waals surface area contributed by atoms with E-state index in [0.717, 1.165) is 27.8 Å². The summed E-state index contributed by atoms with van der Waals surface area (Å²) in [5, 5.41) is 0. The topological polar surface area (TPSA) is 63.7 Å². The SMILES string of the molecule is CCC1=C2[C@H](CN(S(=O)(=O)c3ccc(C)cc3)[C@H]1C(C)C)[C@H](c1ccccc1)[C@@]2(OC(=O)c1ccccc1)c1ccccc1. The van der Waals surface area contributed by atoms with E-state index in [2.05, 4.69) is 32.9 Å². The molecule has 0 aromatic heterocycles. The summed E-state index contributed by atoms with van der Waals surface area (Å²) in [7, 11) is -3.82. The van der Waals surface area contributed by atoms with Crippen LogP contribution in [0.3, 0.4) is 0 Å². The van der Waals surface area contributed by atoms with Gasteiger partial charge in [-0.15, -0.1) is 0 Å². The average Bonchev–Trinajstić information content (AvgIpc) is 3.04. The third-order valence-corrected chi connectivity index (χ3v) is 11.1. The second-order valence-corrected chi connectivity index (χ2v) is 14.1. The molecule has 1 aliphatic heterocycles. The van der Waals surface area contributed by atoms with Crippen LogP contribution in [0.15, 0.2) is 131 Å². The maximum absolute atomic E-state index is 14.4. The number of rotatable bonds is 8. The zero-order valence-corrected chi connectivity index (χ0v) is 26.5. The fourth-order valence-electron chi connectivity index (χ4n) is 7.44. The van der Waals surface area contributed by atoms with E-state index < -0.39 is 21.6 Å². The van der Waals surface area contributed by atoms with Crippen LogP contribution in [-0.4, -0.2) is 31.3 Å². The number of hydrogen-bond acceptors (Lipinski definition) is 4. The van der Waals surface area contributed by atoms with Gasteiger partial charge in [-0.05, 0) is 60.2 Å². The minimum Gasteiger partial charge on any atom is -0.445 e. The molecule has 0 spiro atoms. The molecular formula is C38H39NO4S. The van der Waals surface area contributed by atoms with Crippen LogP contribution in [0.5, 0.6) is 0 Å². The normalized spacial score (nSPS) is 23.6. The molecule has 1 fully saturated rings. The highest BCUT2D eigenvalue weighted by atomic mass is 32.2. The van der Waals surface area contributed by atoms with Gasteiger partial charge in [-0.3, -0.25) is 0 Å². The Bertz CT molecular complexity index is 1770.